The van der Waals surface area contributed by atoms with Crippen LogP contribution in [0.15, 0.2) is 24.3 Å². The van der Waals surface area contributed by atoms with Gasteiger partial charge in [-0.05, 0) is 50.2 Å². The molecule has 1 aromatic rings. The van der Waals surface area contributed by atoms with Gasteiger partial charge in [-0.1, -0.05) is 13.8 Å². The Kier molecular flexibility index (Phi) is 6.58. The van der Waals surface area contributed by atoms with Crippen LogP contribution in [0.5, 0.6) is 0 Å². The molecule has 0 fully saturated rings. The first-order chi connectivity index (χ1) is 8.67. The van der Waals surface area contributed by atoms with Gasteiger partial charge in [0.15, 0.2) is 5.78 Å². The lowest BCUT2D eigenvalue weighted by Crippen LogP contribution is -2.28. The molecule has 0 aromatic heterocycles. The molecule has 0 aliphatic rings. The zero-order valence-corrected chi connectivity index (χ0v) is 11.3. The first kappa shape index (κ1) is 14.8. The van der Waals surface area contributed by atoms with E-state index in [-0.39, 0.29) is 11.6 Å². The third-order valence-corrected chi connectivity index (χ3v) is 2.90. The van der Waals surface area contributed by atoms with Crippen LogP contribution in [0.3, 0.4) is 0 Å². The predicted molar refractivity (Wildman–Crippen MR) is 72.4 cm³/mol. The van der Waals surface area contributed by atoms with E-state index in [0.717, 1.165) is 32.5 Å². The maximum absolute atomic E-state index is 12.7. The van der Waals surface area contributed by atoms with Crippen LogP contribution in [-0.4, -0.2) is 30.3 Å². The first-order valence-electron chi connectivity index (χ1n) is 6.68. The largest absolute Gasteiger partial charge is 0.303 e. The fourth-order valence-corrected chi connectivity index (χ4v) is 2.01. The summed E-state index contributed by atoms with van der Waals surface area (Å²) in [6.45, 7) is 7.14. The number of ketones is 1. The predicted octanol–water partition coefficient (Wildman–Crippen LogP) is 3.52. The van der Waals surface area contributed by atoms with Gasteiger partial charge in [0.1, 0.15) is 5.82 Å². The second-order valence-electron chi connectivity index (χ2n) is 4.52. The maximum atomic E-state index is 12.7. The molecule has 0 saturated heterocycles. The molecule has 1 aromatic carbocycles. The Morgan fingerprint density at radius 2 is 1.61 bits per heavy atom. The van der Waals surface area contributed by atoms with E-state index in [4.69, 9.17) is 0 Å². The molecule has 2 nitrogen and oxygen atoms in total. The minimum absolute atomic E-state index is 0.0900. The number of rotatable bonds is 8. The van der Waals surface area contributed by atoms with E-state index in [1.165, 1.54) is 12.1 Å². The smallest absolute Gasteiger partial charge is 0.164 e. The minimum atomic E-state index is -0.301. The molecule has 0 saturated carbocycles. The highest BCUT2D eigenvalue weighted by Gasteiger charge is 2.09. The zero-order chi connectivity index (χ0) is 13.4. The molecule has 0 radical (unpaired) electrons. The molecule has 0 N–H and O–H groups in total. The summed E-state index contributed by atoms with van der Waals surface area (Å²) in [4.78, 5) is 14.2. The van der Waals surface area contributed by atoms with E-state index in [9.17, 15) is 9.18 Å². The van der Waals surface area contributed by atoms with Crippen molar-refractivity contribution in [1.82, 2.24) is 4.90 Å². The van der Waals surface area contributed by atoms with Crippen LogP contribution in [0.2, 0.25) is 0 Å². The Morgan fingerprint density at radius 3 is 2.11 bits per heavy atom. The number of Topliss-reactive ketones (excluding diaryl/α,β-unsaturated/α-hetero) is 1. The van der Waals surface area contributed by atoms with Gasteiger partial charge in [0.25, 0.3) is 0 Å². The molecule has 0 aliphatic heterocycles. The van der Waals surface area contributed by atoms with Crippen LogP contribution in [0.1, 0.15) is 43.5 Å². The molecule has 0 unspecified atom stereocenters. The molecule has 1 rings (SSSR count). The van der Waals surface area contributed by atoms with Crippen LogP contribution in [-0.2, 0) is 0 Å². The van der Waals surface area contributed by atoms with Crippen LogP contribution in [0.25, 0.3) is 0 Å². The van der Waals surface area contributed by atoms with Gasteiger partial charge in [0, 0.05) is 18.5 Å². The summed E-state index contributed by atoms with van der Waals surface area (Å²) < 4.78 is 12.7. The quantitative estimate of drug-likeness (QED) is 0.659. The minimum Gasteiger partial charge on any atom is -0.303 e. The molecular formula is C15H22FNO. The zero-order valence-electron chi connectivity index (χ0n) is 11.3. The van der Waals surface area contributed by atoms with Crippen molar-refractivity contribution in [2.45, 2.75) is 33.1 Å². The Labute approximate surface area is 109 Å². The summed E-state index contributed by atoms with van der Waals surface area (Å²) in [6, 6.07) is 5.79. The summed E-state index contributed by atoms with van der Waals surface area (Å²) in [6.07, 6.45) is 2.71. The van der Waals surface area contributed by atoms with Crippen molar-refractivity contribution in [3.63, 3.8) is 0 Å². The number of hydrogen-bond donors (Lipinski definition) is 0. The van der Waals surface area contributed by atoms with Crippen LogP contribution >= 0.6 is 0 Å². The Hall–Kier alpha value is -1.22. The van der Waals surface area contributed by atoms with Gasteiger partial charge < -0.3 is 4.90 Å². The van der Waals surface area contributed by atoms with Crippen molar-refractivity contribution in [2.24, 2.45) is 0 Å². The summed E-state index contributed by atoms with van der Waals surface area (Å²) >= 11 is 0. The topological polar surface area (TPSA) is 20.3 Å². The van der Waals surface area contributed by atoms with Gasteiger partial charge >= 0.3 is 0 Å². The SMILES string of the molecule is CCCN(CCC)CCC(=O)c1ccc(F)cc1. The van der Waals surface area contributed by atoms with Crippen LogP contribution in [0, 0.1) is 5.82 Å². The van der Waals surface area contributed by atoms with E-state index in [2.05, 4.69) is 18.7 Å². The Bertz CT molecular complexity index is 355. The van der Waals surface area contributed by atoms with Crippen molar-refractivity contribution in [3.8, 4) is 0 Å². The van der Waals surface area contributed by atoms with Gasteiger partial charge in [-0.3, -0.25) is 4.79 Å². The average Bonchev–Trinajstić information content (AvgIpc) is 2.37. The Morgan fingerprint density at radius 1 is 1.06 bits per heavy atom. The van der Waals surface area contributed by atoms with Crippen molar-refractivity contribution in [1.29, 1.82) is 0 Å². The second-order valence-corrected chi connectivity index (χ2v) is 4.52. The van der Waals surface area contributed by atoms with Gasteiger partial charge in [0.05, 0.1) is 0 Å². The number of carbonyl (C=O) groups is 1. The van der Waals surface area contributed by atoms with E-state index >= 15 is 0 Å². The van der Waals surface area contributed by atoms with Crippen LogP contribution in [0.4, 0.5) is 4.39 Å². The molecule has 0 spiro atoms. The summed E-state index contributed by atoms with van der Waals surface area (Å²) in [5, 5.41) is 0. The fourth-order valence-electron chi connectivity index (χ4n) is 2.01. The van der Waals surface area contributed by atoms with E-state index in [0.29, 0.717) is 12.0 Å². The first-order valence-corrected chi connectivity index (χ1v) is 6.68. The number of halogens is 1. The summed E-state index contributed by atoms with van der Waals surface area (Å²) in [5.41, 5.74) is 0.601. The number of carbonyl (C=O) groups excluding carboxylic acids is 1. The standard InChI is InChI=1S/C15H22FNO/c1-3-10-17(11-4-2)12-9-15(18)13-5-7-14(16)8-6-13/h5-8H,3-4,9-12H2,1-2H3. The highest BCUT2D eigenvalue weighted by atomic mass is 19.1. The van der Waals surface area contributed by atoms with Crippen LogP contribution < -0.4 is 0 Å². The van der Waals surface area contributed by atoms with Crippen molar-refractivity contribution in [3.05, 3.63) is 35.6 Å². The molecule has 100 valence electrons. The van der Waals surface area contributed by atoms with Crippen molar-refractivity contribution < 1.29 is 9.18 Å². The third kappa shape index (κ3) is 4.96. The van der Waals surface area contributed by atoms with Gasteiger partial charge in [-0.2, -0.15) is 0 Å². The molecule has 0 atom stereocenters. The lowest BCUT2D eigenvalue weighted by Gasteiger charge is -2.20. The monoisotopic (exact) mass is 251 g/mol. The van der Waals surface area contributed by atoms with Crippen molar-refractivity contribution in [2.75, 3.05) is 19.6 Å². The van der Waals surface area contributed by atoms with Gasteiger partial charge in [-0.15, -0.1) is 0 Å². The molecule has 18 heavy (non-hydrogen) atoms. The lowest BCUT2D eigenvalue weighted by atomic mass is 10.1. The number of nitrogens with zero attached hydrogens (tertiary/aromatic N) is 1. The molecule has 3 heteroatoms. The second kappa shape index (κ2) is 7.98. The summed E-state index contributed by atoms with van der Waals surface area (Å²) in [5.74, 6) is -0.211. The van der Waals surface area contributed by atoms with Crippen molar-refractivity contribution >= 4 is 5.78 Å². The normalized spacial score (nSPS) is 10.9. The molecular weight excluding hydrogens is 229 g/mol. The molecule has 0 bridgehead atoms. The highest BCUT2D eigenvalue weighted by molar-refractivity contribution is 5.96. The molecule has 0 amide bonds. The van der Waals surface area contributed by atoms with E-state index in [1.54, 1.807) is 12.1 Å². The number of benzene rings is 1. The van der Waals surface area contributed by atoms with Gasteiger partial charge in [0.2, 0.25) is 0 Å². The van der Waals surface area contributed by atoms with E-state index < -0.39 is 0 Å². The third-order valence-electron chi connectivity index (χ3n) is 2.90. The van der Waals surface area contributed by atoms with E-state index in [1.807, 2.05) is 0 Å². The van der Waals surface area contributed by atoms with Gasteiger partial charge in [-0.25, -0.2) is 4.39 Å². The molecule has 0 heterocycles. The lowest BCUT2D eigenvalue weighted by molar-refractivity contribution is 0.0964. The maximum Gasteiger partial charge on any atom is 0.164 e. The summed E-state index contributed by atoms with van der Waals surface area (Å²) in [7, 11) is 0. The highest BCUT2D eigenvalue weighted by Crippen LogP contribution is 2.07. The molecule has 0 aliphatic carbocycles. The Balaban J connectivity index is 2.46. The number of hydrogen-bond acceptors (Lipinski definition) is 2. The fraction of sp³-hybridized carbons (Fsp3) is 0.533. The average molecular weight is 251 g/mol.